The van der Waals surface area contributed by atoms with Crippen molar-refractivity contribution in [3.05, 3.63) is 35.6 Å². The molecule has 2 rings (SSSR count). The Morgan fingerprint density at radius 3 is 2.89 bits per heavy atom. The summed E-state index contributed by atoms with van der Waals surface area (Å²) in [5, 5.41) is 0. The van der Waals surface area contributed by atoms with Crippen molar-refractivity contribution in [3.63, 3.8) is 0 Å². The summed E-state index contributed by atoms with van der Waals surface area (Å²) in [6.45, 7) is 0. The molecule has 0 atom stereocenters. The average molecular weight is 114 g/mol. The van der Waals surface area contributed by atoms with E-state index in [-0.39, 0.29) is 8.41 Å². The van der Waals surface area contributed by atoms with Gasteiger partial charge in [-0.25, -0.2) is 0 Å². The van der Waals surface area contributed by atoms with E-state index < -0.39 is 0 Å². The molecule has 0 spiro atoms. The van der Waals surface area contributed by atoms with Crippen LogP contribution in [0, 0.1) is 0 Å². The molecule has 1 aliphatic heterocycles. The van der Waals surface area contributed by atoms with E-state index in [0.717, 1.165) is 5.70 Å². The standard InChI is InChI=1S/C7H5N.B/c1-2-6-4-5-8-7(6)3-1;/h1-5H;. The molecular weight excluding hydrogens is 109 g/mol. The van der Waals surface area contributed by atoms with Gasteiger partial charge in [0.15, 0.2) is 0 Å². The monoisotopic (exact) mass is 114 g/mol. The van der Waals surface area contributed by atoms with E-state index >= 15 is 0 Å². The van der Waals surface area contributed by atoms with Gasteiger partial charge in [-0.2, -0.15) is 0 Å². The highest BCUT2D eigenvalue weighted by Crippen LogP contribution is 2.21. The van der Waals surface area contributed by atoms with Crippen molar-refractivity contribution in [3.8, 4) is 0 Å². The first-order valence-corrected chi connectivity index (χ1v) is 2.60. The molecule has 41 valence electrons. The Kier molecular flexibility index (Phi) is 1.39. The molecule has 0 N–H and O–H groups in total. The topological polar surface area (TPSA) is 12.4 Å². The Morgan fingerprint density at radius 1 is 1.22 bits per heavy atom. The van der Waals surface area contributed by atoms with Crippen molar-refractivity contribution in [2.45, 2.75) is 0 Å². The molecule has 2 heteroatoms. The van der Waals surface area contributed by atoms with Crippen molar-refractivity contribution in [2.75, 3.05) is 0 Å². The fourth-order valence-corrected chi connectivity index (χ4v) is 0.881. The Labute approximate surface area is 56.1 Å². The molecule has 1 aliphatic carbocycles. The molecule has 9 heavy (non-hydrogen) atoms. The van der Waals surface area contributed by atoms with Crippen LogP contribution in [0.3, 0.4) is 0 Å². The Balaban J connectivity index is 0.000000405. The summed E-state index contributed by atoms with van der Waals surface area (Å²) in [4.78, 5) is 4.08. The van der Waals surface area contributed by atoms with Crippen LogP contribution in [0.25, 0.3) is 0 Å². The summed E-state index contributed by atoms with van der Waals surface area (Å²) in [5.74, 6) is 0. The van der Waals surface area contributed by atoms with Crippen LogP contribution in [0.2, 0.25) is 0 Å². The van der Waals surface area contributed by atoms with Crippen LogP contribution in [0.1, 0.15) is 0 Å². The Bertz CT molecular complexity index is 207. The summed E-state index contributed by atoms with van der Waals surface area (Å²) in [6.07, 6.45) is 9.91. The van der Waals surface area contributed by atoms with Gasteiger partial charge in [0, 0.05) is 20.2 Å². The number of hydrogen-bond donors (Lipinski definition) is 0. The molecule has 0 aromatic rings. The number of rotatable bonds is 0. The van der Waals surface area contributed by atoms with E-state index in [1.54, 1.807) is 0 Å². The number of hydrogen-bond acceptors (Lipinski definition) is 1. The van der Waals surface area contributed by atoms with Crippen molar-refractivity contribution >= 4 is 14.6 Å². The highest BCUT2D eigenvalue weighted by atomic mass is 14.8. The predicted octanol–water partition coefficient (Wildman–Crippen LogP) is 1.07. The van der Waals surface area contributed by atoms with Gasteiger partial charge in [-0.05, 0) is 12.2 Å². The van der Waals surface area contributed by atoms with Gasteiger partial charge in [-0.15, -0.1) is 0 Å². The lowest BCUT2D eigenvalue weighted by Gasteiger charge is -1.84. The van der Waals surface area contributed by atoms with Crippen LogP contribution < -0.4 is 0 Å². The second kappa shape index (κ2) is 2.06. The molecule has 0 saturated heterocycles. The molecule has 0 aromatic carbocycles. The number of aliphatic imine (C=N–C) groups is 1. The second-order valence-corrected chi connectivity index (χ2v) is 1.81. The quantitative estimate of drug-likeness (QED) is 0.417. The van der Waals surface area contributed by atoms with Crippen LogP contribution in [-0.4, -0.2) is 14.6 Å². The highest BCUT2D eigenvalue weighted by Gasteiger charge is 2.05. The van der Waals surface area contributed by atoms with Gasteiger partial charge in [0.25, 0.3) is 0 Å². The maximum atomic E-state index is 4.08. The van der Waals surface area contributed by atoms with Gasteiger partial charge in [-0.1, -0.05) is 12.2 Å². The maximum Gasteiger partial charge on any atom is 0.0702 e. The zero-order valence-corrected chi connectivity index (χ0v) is 4.91. The minimum Gasteiger partial charge on any atom is -0.256 e. The molecule has 0 aromatic heterocycles. The van der Waals surface area contributed by atoms with Gasteiger partial charge >= 0.3 is 0 Å². The maximum absolute atomic E-state index is 4.08. The normalized spacial score (nSPS) is 18.7. The Morgan fingerprint density at radius 2 is 2.11 bits per heavy atom. The molecule has 0 fully saturated rings. The molecule has 0 bridgehead atoms. The van der Waals surface area contributed by atoms with E-state index in [1.165, 1.54) is 5.57 Å². The molecule has 2 aliphatic rings. The average Bonchev–Trinajstić information content (AvgIpc) is 2.15. The van der Waals surface area contributed by atoms with Gasteiger partial charge in [0.05, 0.1) is 5.70 Å². The minimum absolute atomic E-state index is 0. The molecule has 1 heterocycles. The molecule has 3 radical (unpaired) electrons. The summed E-state index contributed by atoms with van der Waals surface area (Å²) in [6, 6.07) is 0. The summed E-state index contributed by atoms with van der Waals surface area (Å²) in [7, 11) is 0. The predicted molar refractivity (Wildman–Crippen MR) is 39.6 cm³/mol. The molecule has 0 saturated carbocycles. The number of allylic oxidation sites excluding steroid dienone is 4. The van der Waals surface area contributed by atoms with Crippen LogP contribution >= 0.6 is 0 Å². The summed E-state index contributed by atoms with van der Waals surface area (Å²) < 4.78 is 0. The molecular formula is C7H5BN. The SMILES string of the molecule is C1=CC2=CC=NC2=C1.[B]. The van der Waals surface area contributed by atoms with Crippen LogP contribution in [0.4, 0.5) is 0 Å². The lowest BCUT2D eigenvalue weighted by atomic mass is 10.3. The lowest BCUT2D eigenvalue weighted by molar-refractivity contribution is 1.44. The number of nitrogens with zero attached hydrogens (tertiary/aromatic N) is 1. The lowest BCUT2D eigenvalue weighted by Crippen LogP contribution is -1.66. The van der Waals surface area contributed by atoms with Gasteiger partial charge in [-0.3, -0.25) is 4.99 Å². The summed E-state index contributed by atoms with van der Waals surface area (Å²) in [5.41, 5.74) is 2.34. The minimum atomic E-state index is 0. The van der Waals surface area contributed by atoms with E-state index in [1.807, 2.05) is 24.4 Å². The third-order valence-corrected chi connectivity index (χ3v) is 1.29. The first-order chi connectivity index (χ1) is 3.97. The van der Waals surface area contributed by atoms with Crippen molar-refractivity contribution in [1.82, 2.24) is 0 Å². The smallest absolute Gasteiger partial charge is 0.0702 e. The van der Waals surface area contributed by atoms with Crippen molar-refractivity contribution in [1.29, 1.82) is 0 Å². The van der Waals surface area contributed by atoms with Crippen LogP contribution in [0.15, 0.2) is 40.6 Å². The zero-order valence-electron chi connectivity index (χ0n) is 4.91. The van der Waals surface area contributed by atoms with Gasteiger partial charge < -0.3 is 0 Å². The number of fused-ring (bicyclic) bond motifs is 1. The molecule has 1 nitrogen and oxygen atoms in total. The van der Waals surface area contributed by atoms with Crippen molar-refractivity contribution in [2.24, 2.45) is 4.99 Å². The Hall–Kier alpha value is -1.05. The third-order valence-electron chi connectivity index (χ3n) is 1.29. The largest absolute Gasteiger partial charge is 0.256 e. The van der Waals surface area contributed by atoms with E-state index in [4.69, 9.17) is 0 Å². The van der Waals surface area contributed by atoms with Crippen molar-refractivity contribution < 1.29 is 0 Å². The first kappa shape index (κ1) is 6.08. The van der Waals surface area contributed by atoms with Crippen LogP contribution in [-0.2, 0) is 0 Å². The molecule has 0 unspecified atom stereocenters. The second-order valence-electron chi connectivity index (χ2n) is 1.81. The van der Waals surface area contributed by atoms with Gasteiger partial charge in [0.2, 0.25) is 0 Å². The van der Waals surface area contributed by atoms with E-state index in [0.29, 0.717) is 0 Å². The van der Waals surface area contributed by atoms with Crippen LogP contribution in [0.5, 0.6) is 0 Å². The molecule has 0 amide bonds. The van der Waals surface area contributed by atoms with Gasteiger partial charge in [0.1, 0.15) is 0 Å². The fraction of sp³-hybridized carbons (Fsp3) is 0. The zero-order chi connectivity index (χ0) is 5.40. The summed E-state index contributed by atoms with van der Waals surface area (Å²) >= 11 is 0. The first-order valence-electron chi connectivity index (χ1n) is 2.60. The highest BCUT2D eigenvalue weighted by molar-refractivity contribution is 5.82. The fourth-order valence-electron chi connectivity index (χ4n) is 0.881. The third kappa shape index (κ3) is 0.763. The van der Waals surface area contributed by atoms with E-state index in [9.17, 15) is 0 Å². The van der Waals surface area contributed by atoms with E-state index in [2.05, 4.69) is 11.1 Å².